The predicted octanol–water partition coefficient (Wildman–Crippen LogP) is 3.42. The maximum atomic E-state index is 10.1. The van der Waals surface area contributed by atoms with Crippen molar-refractivity contribution in [1.82, 2.24) is 10.6 Å². The quantitative estimate of drug-likeness (QED) is 0.205. The molecular formula is C16H27ClIN3O2S. The van der Waals surface area contributed by atoms with Crippen molar-refractivity contribution in [2.45, 2.75) is 32.3 Å². The first kappa shape index (κ1) is 22.0. The van der Waals surface area contributed by atoms with E-state index < -0.39 is 6.10 Å². The number of hydrogen-bond donors (Lipinski definition) is 3. The van der Waals surface area contributed by atoms with Crippen LogP contribution in [0.2, 0.25) is 4.34 Å². The second-order valence-electron chi connectivity index (χ2n) is 5.68. The summed E-state index contributed by atoms with van der Waals surface area (Å²) in [5.74, 6) is 1.53. The molecule has 138 valence electrons. The Hall–Kier alpha value is -0.0900. The monoisotopic (exact) mass is 487 g/mol. The van der Waals surface area contributed by atoms with Crippen LogP contribution in [-0.2, 0) is 4.74 Å². The largest absolute Gasteiger partial charge is 0.386 e. The number of ether oxygens (including phenoxy) is 1. The zero-order chi connectivity index (χ0) is 16.5. The molecule has 0 spiro atoms. The maximum Gasteiger partial charge on any atom is 0.191 e. The van der Waals surface area contributed by atoms with E-state index >= 15 is 0 Å². The third-order valence-electron chi connectivity index (χ3n) is 3.50. The molecule has 2 rings (SSSR count). The van der Waals surface area contributed by atoms with E-state index in [1.807, 2.05) is 13.0 Å². The third kappa shape index (κ3) is 8.84. The van der Waals surface area contributed by atoms with Gasteiger partial charge in [-0.25, -0.2) is 0 Å². The lowest BCUT2D eigenvalue weighted by Crippen LogP contribution is -2.38. The Kier molecular flexibility index (Phi) is 11.2. The van der Waals surface area contributed by atoms with Crippen LogP contribution < -0.4 is 10.6 Å². The normalized spacial score (nSPS) is 15.7. The zero-order valence-corrected chi connectivity index (χ0v) is 17.9. The molecular weight excluding hydrogens is 461 g/mol. The Balaban J connectivity index is 0.00000288. The Morgan fingerprint density at radius 3 is 2.88 bits per heavy atom. The molecule has 0 saturated heterocycles. The molecule has 1 atom stereocenters. The van der Waals surface area contributed by atoms with Gasteiger partial charge in [-0.2, -0.15) is 0 Å². The summed E-state index contributed by atoms with van der Waals surface area (Å²) < 4.78 is 6.29. The fourth-order valence-corrected chi connectivity index (χ4v) is 3.07. The minimum absolute atomic E-state index is 0. The molecule has 0 bridgehead atoms. The molecule has 0 radical (unpaired) electrons. The van der Waals surface area contributed by atoms with E-state index in [0.717, 1.165) is 49.5 Å². The van der Waals surface area contributed by atoms with Crippen molar-refractivity contribution < 1.29 is 9.84 Å². The molecule has 1 unspecified atom stereocenters. The predicted molar refractivity (Wildman–Crippen MR) is 112 cm³/mol. The highest BCUT2D eigenvalue weighted by Crippen LogP contribution is 2.28. The first-order valence-corrected chi connectivity index (χ1v) is 9.41. The summed E-state index contributed by atoms with van der Waals surface area (Å²) in [7, 11) is 0. The van der Waals surface area contributed by atoms with Crippen LogP contribution in [0.4, 0.5) is 0 Å². The van der Waals surface area contributed by atoms with Gasteiger partial charge in [0.25, 0.3) is 0 Å². The van der Waals surface area contributed by atoms with Gasteiger partial charge in [-0.3, -0.25) is 4.99 Å². The third-order valence-corrected chi connectivity index (χ3v) is 4.83. The molecule has 1 aliphatic rings. The van der Waals surface area contributed by atoms with E-state index in [9.17, 15) is 5.11 Å². The molecule has 1 saturated carbocycles. The fourth-order valence-electron chi connectivity index (χ4n) is 2.03. The number of aliphatic hydroxyl groups is 1. The number of aliphatic imine (C=N–C) groups is 1. The number of hydrogen-bond acceptors (Lipinski definition) is 4. The molecule has 24 heavy (non-hydrogen) atoms. The summed E-state index contributed by atoms with van der Waals surface area (Å²) in [5, 5.41) is 16.6. The molecule has 3 N–H and O–H groups in total. The first-order valence-electron chi connectivity index (χ1n) is 8.22. The maximum absolute atomic E-state index is 10.1. The van der Waals surface area contributed by atoms with Gasteiger partial charge in [0, 0.05) is 31.2 Å². The average Bonchev–Trinajstić information content (AvgIpc) is 3.26. The standard InChI is InChI=1S/C16H26ClN3O2S.HI/c1-2-18-16(19-8-3-9-22-11-12-4-5-12)20-10-13(21)14-6-7-15(17)23-14;/h6-7,12-13,21H,2-5,8-11H2,1H3,(H2,18,19,20);1H. The molecule has 8 heteroatoms. The van der Waals surface area contributed by atoms with Crippen LogP contribution in [0.25, 0.3) is 0 Å². The van der Waals surface area contributed by atoms with Crippen molar-refractivity contribution in [2.24, 2.45) is 10.9 Å². The topological polar surface area (TPSA) is 65.9 Å². The summed E-state index contributed by atoms with van der Waals surface area (Å²) in [5.41, 5.74) is 0. The molecule has 1 aromatic rings. The minimum atomic E-state index is -0.621. The Bertz CT molecular complexity index is 497. The number of aliphatic hydroxyl groups excluding tert-OH is 1. The number of nitrogens with zero attached hydrogens (tertiary/aromatic N) is 1. The van der Waals surface area contributed by atoms with Crippen molar-refractivity contribution in [3.63, 3.8) is 0 Å². The van der Waals surface area contributed by atoms with Gasteiger partial charge in [0.05, 0.1) is 10.9 Å². The van der Waals surface area contributed by atoms with E-state index in [0.29, 0.717) is 10.9 Å². The smallest absolute Gasteiger partial charge is 0.191 e. The van der Waals surface area contributed by atoms with E-state index in [4.69, 9.17) is 16.3 Å². The van der Waals surface area contributed by atoms with Crippen molar-refractivity contribution in [3.05, 3.63) is 21.3 Å². The van der Waals surface area contributed by atoms with Crippen LogP contribution >= 0.6 is 46.9 Å². The van der Waals surface area contributed by atoms with Gasteiger partial charge in [-0.05, 0) is 44.2 Å². The highest BCUT2D eigenvalue weighted by Gasteiger charge is 2.20. The molecule has 1 aromatic heterocycles. The number of guanidine groups is 1. The summed E-state index contributed by atoms with van der Waals surface area (Å²) >= 11 is 7.27. The van der Waals surface area contributed by atoms with E-state index in [-0.39, 0.29) is 24.0 Å². The lowest BCUT2D eigenvalue weighted by Gasteiger charge is -2.12. The minimum Gasteiger partial charge on any atom is -0.386 e. The van der Waals surface area contributed by atoms with Crippen LogP contribution in [0.1, 0.15) is 37.2 Å². The first-order chi connectivity index (χ1) is 11.2. The molecule has 1 aliphatic carbocycles. The van der Waals surface area contributed by atoms with E-state index in [2.05, 4.69) is 15.6 Å². The molecule has 0 amide bonds. The van der Waals surface area contributed by atoms with Gasteiger partial charge >= 0.3 is 0 Å². The molecule has 1 fully saturated rings. The zero-order valence-electron chi connectivity index (χ0n) is 14.0. The van der Waals surface area contributed by atoms with Gasteiger partial charge in [0.15, 0.2) is 5.96 Å². The van der Waals surface area contributed by atoms with Gasteiger partial charge in [0.2, 0.25) is 0 Å². The molecule has 5 nitrogen and oxygen atoms in total. The number of halogens is 2. The molecule has 1 heterocycles. The molecule has 0 aromatic carbocycles. The second kappa shape index (κ2) is 12.3. The van der Waals surface area contributed by atoms with Crippen LogP contribution in [-0.4, -0.2) is 43.9 Å². The van der Waals surface area contributed by atoms with Crippen LogP contribution in [0.3, 0.4) is 0 Å². The highest BCUT2D eigenvalue weighted by molar-refractivity contribution is 14.0. The summed E-state index contributed by atoms with van der Waals surface area (Å²) in [6.07, 6.45) is 2.98. The SMILES string of the molecule is CCNC(=NCC(O)c1ccc(Cl)s1)NCCCOCC1CC1.I. The highest BCUT2D eigenvalue weighted by atomic mass is 127. The van der Waals surface area contributed by atoms with Gasteiger partial charge in [-0.15, -0.1) is 35.3 Å². The van der Waals surface area contributed by atoms with Crippen molar-refractivity contribution in [3.8, 4) is 0 Å². The average molecular weight is 488 g/mol. The van der Waals surface area contributed by atoms with E-state index in [1.165, 1.54) is 24.2 Å². The van der Waals surface area contributed by atoms with Crippen LogP contribution in [0.5, 0.6) is 0 Å². The summed E-state index contributed by atoms with van der Waals surface area (Å²) in [6.45, 7) is 5.60. The lowest BCUT2D eigenvalue weighted by atomic mass is 10.3. The van der Waals surface area contributed by atoms with Crippen molar-refractivity contribution in [2.75, 3.05) is 32.8 Å². The summed E-state index contributed by atoms with van der Waals surface area (Å²) in [6, 6.07) is 3.63. The second-order valence-corrected chi connectivity index (χ2v) is 7.42. The number of rotatable bonds is 10. The van der Waals surface area contributed by atoms with Crippen molar-refractivity contribution >= 4 is 52.9 Å². The van der Waals surface area contributed by atoms with Crippen LogP contribution in [0, 0.1) is 5.92 Å². The van der Waals surface area contributed by atoms with Gasteiger partial charge in [0.1, 0.15) is 6.10 Å². The fraction of sp³-hybridized carbons (Fsp3) is 0.688. The van der Waals surface area contributed by atoms with Crippen molar-refractivity contribution in [1.29, 1.82) is 0 Å². The number of thiophene rings is 1. The van der Waals surface area contributed by atoms with Crippen LogP contribution in [0.15, 0.2) is 17.1 Å². The van der Waals surface area contributed by atoms with Gasteiger partial charge in [-0.1, -0.05) is 11.6 Å². The van der Waals surface area contributed by atoms with Gasteiger partial charge < -0.3 is 20.5 Å². The molecule has 0 aliphatic heterocycles. The Morgan fingerprint density at radius 1 is 1.46 bits per heavy atom. The van der Waals surface area contributed by atoms with E-state index in [1.54, 1.807) is 6.07 Å². The Labute approximate surface area is 170 Å². The lowest BCUT2D eigenvalue weighted by molar-refractivity contribution is 0.123. The number of nitrogens with one attached hydrogen (secondary N) is 2. The Morgan fingerprint density at radius 2 is 2.25 bits per heavy atom. The summed E-state index contributed by atoms with van der Waals surface area (Å²) in [4.78, 5) is 5.26.